The lowest BCUT2D eigenvalue weighted by molar-refractivity contribution is -0.136. The minimum Gasteiger partial charge on any atom is -0.354 e. The molecule has 3 rings (SSSR count). The first-order valence-electron chi connectivity index (χ1n) is 9.64. The Morgan fingerprint density at radius 1 is 1.33 bits per heavy atom. The first-order chi connectivity index (χ1) is 12.7. The second-order valence-electron chi connectivity index (χ2n) is 8.72. The van der Waals surface area contributed by atoms with E-state index < -0.39 is 11.6 Å². The van der Waals surface area contributed by atoms with Gasteiger partial charge in [0.05, 0.1) is 0 Å². The van der Waals surface area contributed by atoms with Crippen LogP contribution in [0.15, 0.2) is 17.5 Å². The number of nitrogens with one attached hydrogen (secondary N) is 2. The number of hydrogen-bond acceptors (Lipinski definition) is 4. The van der Waals surface area contributed by atoms with Crippen LogP contribution in [-0.4, -0.2) is 41.4 Å². The highest BCUT2D eigenvalue weighted by Gasteiger charge is 2.53. The number of thiophene rings is 1. The molecule has 2 N–H and O–H groups in total. The smallest absolute Gasteiger partial charge is 0.325 e. The number of carbonyl (C=O) groups excluding carboxylic acids is 3. The van der Waals surface area contributed by atoms with Crippen molar-refractivity contribution in [2.75, 3.05) is 13.1 Å². The summed E-state index contributed by atoms with van der Waals surface area (Å²) in [5.74, 6) is 0.00572. The van der Waals surface area contributed by atoms with Crippen LogP contribution in [0.25, 0.3) is 0 Å². The number of nitrogens with zero attached hydrogens (tertiary/aromatic N) is 1. The van der Waals surface area contributed by atoms with Gasteiger partial charge >= 0.3 is 6.03 Å². The highest BCUT2D eigenvalue weighted by molar-refractivity contribution is 7.09. The lowest BCUT2D eigenvalue weighted by Crippen LogP contribution is -2.51. The van der Waals surface area contributed by atoms with Gasteiger partial charge in [-0.1, -0.05) is 26.8 Å². The Kier molecular flexibility index (Phi) is 5.60. The molecule has 0 radical (unpaired) electrons. The van der Waals surface area contributed by atoms with Crippen molar-refractivity contribution in [2.45, 2.75) is 58.4 Å². The summed E-state index contributed by atoms with van der Waals surface area (Å²) in [6, 6.07) is 3.55. The maximum Gasteiger partial charge on any atom is 0.325 e. The first kappa shape index (κ1) is 19.9. The zero-order valence-corrected chi connectivity index (χ0v) is 17.2. The third kappa shape index (κ3) is 4.34. The summed E-state index contributed by atoms with van der Waals surface area (Å²) < 4.78 is 0. The van der Waals surface area contributed by atoms with E-state index in [0.29, 0.717) is 25.3 Å². The molecule has 4 amide bonds. The summed E-state index contributed by atoms with van der Waals surface area (Å²) >= 11 is 1.64. The summed E-state index contributed by atoms with van der Waals surface area (Å²) in [7, 11) is 0. The number of hydrogen-bond donors (Lipinski definition) is 2. The van der Waals surface area contributed by atoms with E-state index in [4.69, 9.17) is 0 Å². The third-order valence-electron chi connectivity index (χ3n) is 5.89. The molecule has 148 valence electrons. The average molecular weight is 392 g/mol. The van der Waals surface area contributed by atoms with Gasteiger partial charge in [-0.3, -0.25) is 14.5 Å². The molecule has 2 fully saturated rings. The Hall–Kier alpha value is -1.89. The van der Waals surface area contributed by atoms with Crippen LogP contribution in [0.4, 0.5) is 4.79 Å². The van der Waals surface area contributed by atoms with Crippen molar-refractivity contribution in [1.82, 2.24) is 15.5 Å². The summed E-state index contributed by atoms with van der Waals surface area (Å²) in [5, 5.41) is 7.68. The van der Waals surface area contributed by atoms with Crippen LogP contribution in [0.1, 0.15) is 51.3 Å². The largest absolute Gasteiger partial charge is 0.354 e. The molecule has 0 aromatic carbocycles. The fourth-order valence-corrected chi connectivity index (χ4v) is 4.82. The molecule has 0 atom stereocenters. The van der Waals surface area contributed by atoms with Gasteiger partial charge in [-0.2, -0.15) is 0 Å². The summed E-state index contributed by atoms with van der Waals surface area (Å²) in [4.78, 5) is 39.7. The Bertz CT molecular complexity index is 701. The van der Waals surface area contributed by atoms with Crippen molar-refractivity contribution in [3.63, 3.8) is 0 Å². The summed E-state index contributed by atoms with van der Waals surface area (Å²) in [6.45, 7) is 6.95. The molecule has 6 nitrogen and oxygen atoms in total. The Morgan fingerprint density at radius 3 is 2.63 bits per heavy atom. The van der Waals surface area contributed by atoms with E-state index in [1.807, 2.05) is 17.5 Å². The molecule has 1 saturated carbocycles. The molecule has 1 spiro atoms. The molecule has 0 unspecified atom stereocenters. The van der Waals surface area contributed by atoms with Gasteiger partial charge in [0.1, 0.15) is 12.1 Å². The van der Waals surface area contributed by atoms with Crippen LogP contribution in [0.3, 0.4) is 0 Å². The van der Waals surface area contributed by atoms with Crippen LogP contribution in [0.2, 0.25) is 0 Å². The quantitative estimate of drug-likeness (QED) is 0.758. The monoisotopic (exact) mass is 391 g/mol. The number of amides is 4. The average Bonchev–Trinajstić information content (AvgIpc) is 3.18. The molecule has 1 aromatic heterocycles. The lowest BCUT2D eigenvalue weighted by Gasteiger charge is -2.40. The van der Waals surface area contributed by atoms with E-state index in [9.17, 15) is 14.4 Å². The summed E-state index contributed by atoms with van der Waals surface area (Å²) in [6.07, 6.45) is 3.88. The minimum absolute atomic E-state index is 0.204. The highest BCUT2D eigenvalue weighted by atomic mass is 32.1. The molecular formula is C20H29N3O3S. The van der Waals surface area contributed by atoms with Gasteiger partial charge in [-0.15, -0.1) is 11.3 Å². The predicted molar refractivity (Wildman–Crippen MR) is 105 cm³/mol. The Balaban J connectivity index is 1.52. The molecule has 27 heavy (non-hydrogen) atoms. The van der Waals surface area contributed by atoms with Crippen LogP contribution in [0.5, 0.6) is 0 Å². The van der Waals surface area contributed by atoms with E-state index in [0.717, 1.165) is 24.2 Å². The maximum atomic E-state index is 12.9. The van der Waals surface area contributed by atoms with Gasteiger partial charge in [0.15, 0.2) is 0 Å². The van der Waals surface area contributed by atoms with Crippen molar-refractivity contribution < 1.29 is 14.4 Å². The van der Waals surface area contributed by atoms with Crippen LogP contribution < -0.4 is 10.6 Å². The van der Waals surface area contributed by atoms with Crippen molar-refractivity contribution in [2.24, 2.45) is 11.3 Å². The van der Waals surface area contributed by atoms with E-state index in [-0.39, 0.29) is 23.8 Å². The molecule has 0 bridgehead atoms. The second-order valence-corrected chi connectivity index (χ2v) is 9.76. The Labute approximate surface area is 164 Å². The molecule has 1 aliphatic carbocycles. The SMILES string of the molecule is CC(C)(C)C1CCC2(CC1)NC(=O)N(CC(=O)NCCc1cccs1)C2=O. The molecule has 1 aromatic rings. The van der Waals surface area contributed by atoms with Gasteiger partial charge in [0, 0.05) is 11.4 Å². The zero-order valence-electron chi connectivity index (χ0n) is 16.3. The third-order valence-corrected chi connectivity index (χ3v) is 6.82. The predicted octanol–water partition coefficient (Wildman–Crippen LogP) is 2.93. The van der Waals surface area contributed by atoms with Crippen LogP contribution >= 0.6 is 11.3 Å². The molecule has 1 saturated heterocycles. The maximum absolute atomic E-state index is 12.9. The van der Waals surface area contributed by atoms with E-state index in [2.05, 4.69) is 31.4 Å². The number of carbonyl (C=O) groups is 3. The molecule has 2 aliphatic rings. The molecule has 1 aliphatic heterocycles. The van der Waals surface area contributed by atoms with Gasteiger partial charge in [0.2, 0.25) is 5.91 Å². The fraction of sp³-hybridized carbons (Fsp3) is 0.650. The number of urea groups is 1. The van der Waals surface area contributed by atoms with Crippen molar-refractivity contribution >= 4 is 29.2 Å². The lowest BCUT2D eigenvalue weighted by atomic mass is 9.67. The molecule has 7 heteroatoms. The van der Waals surface area contributed by atoms with E-state index >= 15 is 0 Å². The summed E-state index contributed by atoms with van der Waals surface area (Å²) in [5.41, 5.74) is -0.606. The minimum atomic E-state index is -0.809. The number of imide groups is 1. The van der Waals surface area contributed by atoms with Crippen molar-refractivity contribution in [3.05, 3.63) is 22.4 Å². The van der Waals surface area contributed by atoms with Gasteiger partial charge < -0.3 is 10.6 Å². The van der Waals surface area contributed by atoms with E-state index in [1.54, 1.807) is 11.3 Å². The Morgan fingerprint density at radius 2 is 2.04 bits per heavy atom. The van der Waals surface area contributed by atoms with E-state index in [1.165, 1.54) is 4.88 Å². The molecule has 2 heterocycles. The van der Waals surface area contributed by atoms with Crippen molar-refractivity contribution in [1.29, 1.82) is 0 Å². The fourth-order valence-electron chi connectivity index (χ4n) is 4.11. The van der Waals surface area contributed by atoms with Gasteiger partial charge in [-0.25, -0.2) is 4.79 Å². The van der Waals surface area contributed by atoms with Crippen LogP contribution in [0, 0.1) is 11.3 Å². The van der Waals surface area contributed by atoms with Crippen molar-refractivity contribution in [3.8, 4) is 0 Å². The van der Waals surface area contributed by atoms with Gasteiger partial charge in [-0.05, 0) is 54.9 Å². The standard InChI is InChI=1S/C20H29N3O3S/c1-19(2,3)14-6-9-20(10-7-14)17(25)23(18(26)22-20)13-16(24)21-11-8-15-5-4-12-27-15/h4-5,12,14H,6-11,13H2,1-3H3,(H,21,24)(H,22,26). The van der Waals surface area contributed by atoms with Crippen LogP contribution in [-0.2, 0) is 16.0 Å². The molecular weight excluding hydrogens is 362 g/mol. The first-order valence-corrected chi connectivity index (χ1v) is 10.5. The number of rotatable bonds is 5. The highest BCUT2D eigenvalue weighted by Crippen LogP contribution is 2.43. The second kappa shape index (κ2) is 7.62. The van der Waals surface area contributed by atoms with Gasteiger partial charge in [0.25, 0.3) is 5.91 Å². The topological polar surface area (TPSA) is 78.5 Å². The normalized spacial score (nSPS) is 25.7. The zero-order chi connectivity index (χ0) is 19.7.